The third kappa shape index (κ3) is 5.88. The second-order valence-electron chi connectivity index (χ2n) is 8.97. The molecule has 1 atom stereocenters. The van der Waals surface area contributed by atoms with Crippen LogP contribution in [0.1, 0.15) is 51.5 Å². The van der Waals surface area contributed by atoms with Crippen molar-refractivity contribution >= 4 is 23.3 Å². The van der Waals surface area contributed by atoms with E-state index in [0.717, 1.165) is 55.6 Å². The summed E-state index contributed by atoms with van der Waals surface area (Å²) in [4.78, 5) is 29.2. The van der Waals surface area contributed by atoms with Crippen molar-refractivity contribution in [2.75, 3.05) is 37.5 Å². The van der Waals surface area contributed by atoms with Crippen LogP contribution in [-0.4, -0.2) is 56.2 Å². The number of nitrogens with zero attached hydrogens (tertiary/aromatic N) is 2. The first kappa shape index (κ1) is 22.4. The lowest BCUT2D eigenvalue weighted by molar-refractivity contribution is -0.122. The van der Waals surface area contributed by atoms with Crippen LogP contribution in [0.4, 0.5) is 16.2 Å². The number of amides is 3. The van der Waals surface area contributed by atoms with Crippen LogP contribution >= 0.6 is 0 Å². The number of hydrogen-bond acceptors (Lipinski definition) is 4. The molecule has 2 aliphatic rings. The van der Waals surface area contributed by atoms with Gasteiger partial charge in [-0.15, -0.1) is 0 Å². The lowest BCUT2D eigenvalue weighted by Gasteiger charge is -2.29. The molecule has 0 bridgehead atoms. The van der Waals surface area contributed by atoms with Gasteiger partial charge in [-0.2, -0.15) is 0 Å². The predicted octanol–water partition coefficient (Wildman–Crippen LogP) is 3.59. The van der Waals surface area contributed by atoms with Gasteiger partial charge in [-0.05, 0) is 63.3 Å². The van der Waals surface area contributed by atoms with Crippen molar-refractivity contribution in [3.63, 3.8) is 0 Å². The van der Waals surface area contributed by atoms with Gasteiger partial charge in [-0.1, -0.05) is 6.42 Å². The summed E-state index contributed by atoms with van der Waals surface area (Å²) >= 11 is 0. The molecule has 1 aliphatic carbocycles. The highest BCUT2D eigenvalue weighted by atomic mass is 16.5. The second-order valence-corrected chi connectivity index (χ2v) is 8.97. The van der Waals surface area contributed by atoms with Crippen LogP contribution in [0.15, 0.2) is 18.2 Å². The monoisotopic (exact) mass is 416 g/mol. The number of rotatable bonds is 8. The molecule has 1 aromatic carbocycles. The van der Waals surface area contributed by atoms with E-state index < -0.39 is 0 Å². The van der Waals surface area contributed by atoms with E-state index in [1.165, 1.54) is 0 Å². The zero-order valence-corrected chi connectivity index (χ0v) is 18.7. The Morgan fingerprint density at radius 2 is 1.93 bits per heavy atom. The normalized spacial score (nSPS) is 18.8. The fourth-order valence-electron chi connectivity index (χ4n) is 3.94. The van der Waals surface area contributed by atoms with E-state index in [1.807, 2.05) is 55.9 Å². The molecule has 1 saturated carbocycles. The van der Waals surface area contributed by atoms with Crippen molar-refractivity contribution in [1.82, 2.24) is 10.2 Å². The van der Waals surface area contributed by atoms with E-state index in [2.05, 4.69) is 10.6 Å². The number of hydrogen-bond donors (Lipinski definition) is 2. The quantitative estimate of drug-likeness (QED) is 0.679. The number of nitrogens with one attached hydrogen (secondary N) is 2. The highest BCUT2D eigenvalue weighted by molar-refractivity contribution is 5.93. The second kappa shape index (κ2) is 10.2. The molecule has 166 valence electrons. The molecule has 0 radical (unpaired) electrons. The molecule has 0 unspecified atom stereocenters. The van der Waals surface area contributed by atoms with E-state index in [9.17, 15) is 9.59 Å². The van der Waals surface area contributed by atoms with E-state index in [1.54, 1.807) is 0 Å². The Kier molecular flexibility index (Phi) is 7.58. The maximum Gasteiger partial charge on any atom is 0.317 e. The zero-order valence-electron chi connectivity index (χ0n) is 18.7. The maximum atomic E-state index is 12.9. The average molecular weight is 417 g/mol. The summed E-state index contributed by atoms with van der Waals surface area (Å²) in [5.41, 5.74) is 2.82. The summed E-state index contributed by atoms with van der Waals surface area (Å²) in [5, 5.41) is 6.07. The molecule has 0 aromatic heterocycles. The molecule has 1 heterocycles. The number of benzene rings is 1. The van der Waals surface area contributed by atoms with Gasteiger partial charge in [0.05, 0.1) is 6.10 Å². The first-order valence-corrected chi connectivity index (χ1v) is 11.1. The Labute approximate surface area is 180 Å². The predicted molar refractivity (Wildman–Crippen MR) is 120 cm³/mol. The summed E-state index contributed by atoms with van der Waals surface area (Å²) in [6.45, 7) is 5.70. The Bertz CT molecular complexity index is 740. The van der Waals surface area contributed by atoms with Crippen molar-refractivity contribution in [2.24, 2.45) is 5.92 Å². The van der Waals surface area contributed by atoms with Crippen LogP contribution in [0.5, 0.6) is 0 Å². The number of ether oxygens (including phenoxy) is 1. The molecule has 1 saturated heterocycles. The standard InChI is InChI=1S/C23H36N4O3/c1-16(2)24-23(29)27(15-20-9-6-12-30-20)14-18-13-19(10-11-21(18)26(3)4)25-22(28)17-7-5-8-17/h10-11,13,16-17,20H,5-9,12,14-15H2,1-4H3,(H,24,29)(H,25,28)/t20-/m1/s1. The molecule has 2 N–H and O–H groups in total. The van der Waals surface area contributed by atoms with Gasteiger partial charge in [-0.25, -0.2) is 4.79 Å². The molecule has 3 rings (SSSR count). The van der Waals surface area contributed by atoms with Gasteiger partial charge in [-0.3, -0.25) is 4.79 Å². The molecule has 1 aromatic rings. The number of carbonyl (C=O) groups excluding carboxylic acids is 2. The third-order valence-electron chi connectivity index (χ3n) is 5.81. The minimum Gasteiger partial charge on any atom is -0.377 e. The van der Waals surface area contributed by atoms with Crippen molar-refractivity contribution in [3.05, 3.63) is 23.8 Å². The highest BCUT2D eigenvalue weighted by Crippen LogP contribution is 2.29. The molecule has 7 nitrogen and oxygen atoms in total. The zero-order chi connectivity index (χ0) is 21.7. The van der Waals surface area contributed by atoms with E-state index >= 15 is 0 Å². The average Bonchev–Trinajstić information content (AvgIpc) is 3.12. The summed E-state index contributed by atoms with van der Waals surface area (Å²) < 4.78 is 5.79. The Hall–Kier alpha value is -2.28. The van der Waals surface area contributed by atoms with Gasteiger partial charge in [0.2, 0.25) is 5.91 Å². The topological polar surface area (TPSA) is 73.9 Å². The smallest absolute Gasteiger partial charge is 0.317 e. The van der Waals surface area contributed by atoms with Gasteiger partial charge in [0, 0.05) is 57.1 Å². The van der Waals surface area contributed by atoms with Gasteiger partial charge < -0.3 is 25.2 Å². The summed E-state index contributed by atoms with van der Waals surface area (Å²) in [5.74, 6) is 0.230. The van der Waals surface area contributed by atoms with Gasteiger partial charge in [0.15, 0.2) is 0 Å². The molecule has 3 amide bonds. The lowest BCUT2D eigenvalue weighted by atomic mass is 9.85. The first-order chi connectivity index (χ1) is 14.3. The van der Waals surface area contributed by atoms with Crippen molar-refractivity contribution in [2.45, 2.75) is 64.6 Å². The summed E-state index contributed by atoms with van der Waals surface area (Å²) in [7, 11) is 3.98. The first-order valence-electron chi connectivity index (χ1n) is 11.1. The summed E-state index contributed by atoms with van der Waals surface area (Å²) in [6.07, 6.45) is 5.16. The number of urea groups is 1. The fraction of sp³-hybridized carbons (Fsp3) is 0.652. The molecular formula is C23H36N4O3. The van der Waals surface area contributed by atoms with E-state index in [4.69, 9.17) is 4.74 Å². The van der Waals surface area contributed by atoms with E-state index in [-0.39, 0.29) is 30.0 Å². The Morgan fingerprint density at radius 3 is 2.50 bits per heavy atom. The summed E-state index contributed by atoms with van der Waals surface area (Å²) in [6, 6.07) is 5.92. The van der Waals surface area contributed by atoms with Gasteiger partial charge in [0.25, 0.3) is 0 Å². The van der Waals surface area contributed by atoms with Crippen LogP contribution in [0.2, 0.25) is 0 Å². The third-order valence-corrected chi connectivity index (χ3v) is 5.81. The minimum atomic E-state index is -0.0888. The van der Waals surface area contributed by atoms with Crippen molar-refractivity contribution in [3.8, 4) is 0 Å². The van der Waals surface area contributed by atoms with Crippen LogP contribution in [0.25, 0.3) is 0 Å². The lowest BCUT2D eigenvalue weighted by Crippen LogP contribution is -2.45. The molecular weight excluding hydrogens is 380 g/mol. The van der Waals surface area contributed by atoms with Crippen LogP contribution in [-0.2, 0) is 16.1 Å². The van der Waals surface area contributed by atoms with E-state index in [0.29, 0.717) is 13.1 Å². The van der Waals surface area contributed by atoms with Crippen LogP contribution < -0.4 is 15.5 Å². The van der Waals surface area contributed by atoms with Gasteiger partial charge >= 0.3 is 6.03 Å². The molecule has 30 heavy (non-hydrogen) atoms. The largest absolute Gasteiger partial charge is 0.377 e. The molecule has 2 fully saturated rings. The Balaban J connectivity index is 1.79. The fourth-order valence-corrected chi connectivity index (χ4v) is 3.94. The number of carbonyl (C=O) groups is 2. The van der Waals surface area contributed by atoms with Crippen LogP contribution in [0, 0.1) is 5.92 Å². The highest BCUT2D eigenvalue weighted by Gasteiger charge is 2.26. The van der Waals surface area contributed by atoms with Gasteiger partial charge in [0.1, 0.15) is 0 Å². The SMILES string of the molecule is CC(C)NC(=O)N(Cc1cc(NC(=O)C2CCC2)ccc1N(C)C)C[C@H]1CCCO1. The number of anilines is 2. The molecule has 7 heteroatoms. The van der Waals surface area contributed by atoms with Crippen LogP contribution in [0.3, 0.4) is 0 Å². The van der Waals surface area contributed by atoms with Crippen molar-refractivity contribution in [1.29, 1.82) is 0 Å². The molecule has 1 aliphatic heterocycles. The Morgan fingerprint density at radius 1 is 1.17 bits per heavy atom. The molecule has 0 spiro atoms. The van der Waals surface area contributed by atoms with Crippen molar-refractivity contribution < 1.29 is 14.3 Å². The minimum absolute atomic E-state index is 0.0610. The maximum absolute atomic E-state index is 12.9.